The number of thioether (sulfide) groups is 1. The number of nitrogens with zero attached hydrogens (tertiary/aromatic N) is 2. The zero-order valence-corrected chi connectivity index (χ0v) is 13.3. The molecule has 118 valence electrons. The number of urea groups is 1. The van der Waals surface area contributed by atoms with E-state index in [0.29, 0.717) is 19.5 Å². The highest BCUT2D eigenvalue weighted by Crippen LogP contribution is 2.16. The normalized spacial score (nSPS) is 22.0. The number of likely N-dealkylation sites (tertiary alicyclic amines) is 1. The summed E-state index contributed by atoms with van der Waals surface area (Å²) >= 11 is 1.88. The largest absolute Gasteiger partial charge is 0.336 e. The molecule has 0 aliphatic carbocycles. The van der Waals surface area contributed by atoms with E-state index in [1.807, 2.05) is 51.9 Å². The summed E-state index contributed by atoms with van der Waals surface area (Å²) in [5.41, 5.74) is 1.12. The summed E-state index contributed by atoms with van der Waals surface area (Å²) in [6.45, 7) is 2.81. The van der Waals surface area contributed by atoms with Crippen LogP contribution in [0.5, 0.6) is 0 Å². The van der Waals surface area contributed by atoms with Crippen molar-refractivity contribution in [3.63, 3.8) is 0 Å². The fourth-order valence-corrected chi connectivity index (χ4v) is 3.76. The fourth-order valence-electron chi connectivity index (χ4n) is 2.86. The molecule has 5 nitrogen and oxygen atoms in total. The van der Waals surface area contributed by atoms with Gasteiger partial charge in [0.15, 0.2) is 0 Å². The Balaban J connectivity index is 1.52. The van der Waals surface area contributed by atoms with Gasteiger partial charge in [0.05, 0.1) is 6.04 Å². The Bertz CT molecular complexity index is 531. The van der Waals surface area contributed by atoms with Crippen LogP contribution in [0, 0.1) is 0 Å². The summed E-state index contributed by atoms with van der Waals surface area (Å²) in [5.74, 6) is 2.11. The Morgan fingerprint density at radius 1 is 1.23 bits per heavy atom. The molecule has 0 bridgehead atoms. The molecule has 2 heterocycles. The van der Waals surface area contributed by atoms with Crippen molar-refractivity contribution < 1.29 is 9.59 Å². The van der Waals surface area contributed by atoms with Gasteiger partial charge in [0.1, 0.15) is 0 Å². The lowest BCUT2D eigenvalue weighted by atomic mass is 10.2. The van der Waals surface area contributed by atoms with E-state index in [4.69, 9.17) is 0 Å². The van der Waals surface area contributed by atoms with Crippen LogP contribution in [0.3, 0.4) is 0 Å². The third kappa shape index (κ3) is 3.74. The number of benzene rings is 1. The van der Waals surface area contributed by atoms with Crippen molar-refractivity contribution in [3.05, 3.63) is 35.9 Å². The first-order valence-corrected chi connectivity index (χ1v) is 8.83. The maximum atomic E-state index is 12.2. The maximum absolute atomic E-state index is 12.2. The first-order valence-electron chi connectivity index (χ1n) is 7.67. The van der Waals surface area contributed by atoms with Gasteiger partial charge in [0.25, 0.3) is 0 Å². The summed E-state index contributed by atoms with van der Waals surface area (Å²) in [4.78, 5) is 28.0. The number of hydrogen-bond acceptors (Lipinski definition) is 3. The van der Waals surface area contributed by atoms with E-state index >= 15 is 0 Å². The zero-order chi connectivity index (χ0) is 15.4. The molecule has 0 radical (unpaired) electrons. The first kappa shape index (κ1) is 15.2. The van der Waals surface area contributed by atoms with Crippen molar-refractivity contribution in [2.45, 2.75) is 19.0 Å². The molecule has 2 saturated heterocycles. The van der Waals surface area contributed by atoms with E-state index < -0.39 is 0 Å². The summed E-state index contributed by atoms with van der Waals surface area (Å²) in [6.07, 6.45) is 0.404. The van der Waals surface area contributed by atoms with Crippen molar-refractivity contribution in [3.8, 4) is 0 Å². The summed E-state index contributed by atoms with van der Waals surface area (Å²) in [5, 5.41) is 3.01. The van der Waals surface area contributed by atoms with Crippen molar-refractivity contribution in [2.75, 3.05) is 31.1 Å². The molecule has 1 aromatic rings. The number of amides is 3. The lowest BCUT2D eigenvalue weighted by molar-refractivity contribution is -0.128. The average Bonchev–Trinajstić information content (AvgIpc) is 2.88. The minimum atomic E-state index is -0.0710. The van der Waals surface area contributed by atoms with E-state index in [9.17, 15) is 9.59 Å². The molecule has 0 saturated carbocycles. The van der Waals surface area contributed by atoms with Gasteiger partial charge >= 0.3 is 6.03 Å². The SMILES string of the molecule is O=C1CC(NC(=O)N2CCSCC2)CN1Cc1ccccc1. The molecule has 1 unspecified atom stereocenters. The lowest BCUT2D eigenvalue weighted by Crippen LogP contribution is -2.48. The van der Waals surface area contributed by atoms with Crippen LogP contribution >= 0.6 is 11.8 Å². The van der Waals surface area contributed by atoms with Crippen LogP contribution in [0.15, 0.2) is 30.3 Å². The molecule has 0 aromatic heterocycles. The molecular weight excluding hydrogens is 298 g/mol. The molecule has 2 fully saturated rings. The average molecular weight is 319 g/mol. The smallest absolute Gasteiger partial charge is 0.317 e. The zero-order valence-electron chi connectivity index (χ0n) is 12.5. The number of carbonyl (C=O) groups is 2. The van der Waals surface area contributed by atoms with Gasteiger partial charge in [-0.05, 0) is 5.56 Å². The van der Waals surface area contributed by atoms with Gasteiger partial charge in [0, 0.05) is 44.1 Å². The van der Waals surface area contributed by atoms with Crippen LogP contribution in [0.25, 0.3) is 0 Å². The number of carbonyl (C=O) groups excluding carboxylic acids is 2. The predicted octanol–water partition coefficient (Wildman–Crippen LogP) is 1.55. The van der Waals surface area contributed by atoms with Crippen LogP contribution in [-0.4, -0.2) is 58.9 Å². The van der Waals surface area contributed by atoms with E-state index in [0.717, 1.165) is 30.2 Å². The summed E-state index contributed by atoms with van der Waals surface area (Å²) < 4.78 is 0. The van der Waals surface area contributed by atoms with Crippen LogP contribution < -0.4 is 5.32 Å². The molecule has 3 amide bonds. The van der Waals surface area contributed by atoms with Gasteiger partial charge < -0.3 is 15.1 Å². The molecular formula is C16H21N3O2S. The van der Waals surface area contributed by atoms with Crippen molar-refractivity contribution in [1.82, 2.24) is 15.1 Å². The van der Waals surface area contributed by atoms with E-state index in [1.165, 1.54) is 0 Å². The van der Waals surface area contributed by atoms with Crippen LogP contribution in [0.2, 0.25) is 0 Å². The molecule has 3 rings (SSSR count). The minimum absolute atomic E-state index is 0.0281. The Labute approximate surface area is 135 Å². The summed E-state index contributed by atoms with van der Waals surface area (Å²) in [7, 11) is 0. The minimum Gasteiger partial charge on any atom is -0.336 e. The van der Waals surface area contributed by atoms with Crippen molar-refractivity contribution in [2.24, 2.45) is 0 Å². The van der Waals surface area contributed by atoms with Gasteiger partial charge in [0.2, 0.25) is 5.91 Å². The van der Waals surface area contributed by atoms with Crippen LogP contribution in [0.1, 0.15) is 12.0 Å². The topological polar surface area (TPSA) is 52.7 Å². The molecule has 22 heavy (non-hydrogen) atoms. The Kier molecular flexibility index (Phi) is 4.87. The maximum Gasteiger partial charge on any atom is 0.317 e. The van der Waals surface area contributed by atoms with Gasteiger partial charge in [-0.25, -0.2) is 4.79 Å². The quantitative estimate of drug-likeness (QED) is 0.919. The molecule has 2 aliphatic heterocycles. The van der Waals surface area contributed by atoms with Gasteiger partial charge in [-0.3, -0.25) is 4.79 Å². The molecule has 1 atom stereocenters. The van der Waals surface area contributed by atoms with E-state index in [1.54, 1.807) is 0 Å². The van der Waals surface area contributed by atoms with Crippen molar-refractivity contribution in [1.29, 1.82) is 0 Å². The molecule has 0 spiro atoms. The highest BCUT2D eigenvalue weighted by atomic mass is 32.2. The molecule has 2 aliphatic rings. The Morgan fingerprint density at radius 3 is 2.68 bits per heavy atom. The second-order valence-corrected chi connectivity index (χ2v) is 6.93. The second-order valence-electron chi connectivity index (χ2n) is 5.71. The highest BCUT2D eigenvalue weighted by molar-refractivity contribution is 7.99. The number of nitrogens with one attached hydrogen (secondary N) is 1. The van der Waals surface area contributed by atoms with Crippen LogP contribution in [-0.2, 0) is 11.3 Å². The van der Waals surface area contributed by atoms with E-state index in [-0.39, 0.29) is 18.0 Å². The monoisotopic (exact) mass is 319 g/mol. The summed E-state index contributed by atoms with van der Waals surface area (Å²) in [6, 6.07) is 9.86. The lowest BCUT2D eigenvalue weighted by Gasteiger charge is -2.28. The molecule has 1 aromatic carbocycles. The Morgan fingerprint density at radius 2 is 1.95 bits per heavy atom. The van der Waals surface area contributed by atoms with Gasteiger partial charge in [-0.1, -0.05) is 30.3 Å². The highest BCUT2D eigenvalue weighted by Gasteiger charge is 2.31. The third-order valence-corrected chi connectivity index (χ3v) is 5.00. The van der Waals surface area contributed by atoms with Crippen LogP contribution in [0.4, 0.5) is 4.79 Å². The second kappa shape index (κ2) is 7.05. The van der Waals surface area contributed by atoms with E-state index in [2.05, 4.69) is 5.32 Å². The Hall–Kier alpha value is -1.69. The predicted molar refractivity (Wildman–Crippen MR) is 87.7 cm³/mol. The third-order valence-electron chi connectivity index (χ3n) is 4.06. The number of rotatable bonds is 3. The van der Waals surface area contributed by atoms with Gasteiger partial charge in [-0.2, -0.15) is 11.8 Å². The molecule has 6 heteroatoms. The number of hydrogen-bond donors (Lipinski definition) is 1. The first-order chi connectivity index (χ1) is 10.7. The van der Waals surface area contributed by atoms with Gasteiger partial charge in [-0.15, -0.1) is 0 Å². The standard InChI is InChI=1S/C16H21N3O2S/c20-15-10-14(17-16(21)18-6-8-22-9-7-18)12-19(15)11-13-4-2-1-3-5-13/h1-5,14H,6-12H2,(H,17,21). The fraction of sp³-hybridized carbons (Fsp3) is 0.500. The molecule has 1 N–H and O–H groups in total. The van der Waals surface area contributed by atoms with Crippen molar-refractivity contribution >= 4 is 23.7 Å².